The van der Waals surface area contributed by atoms with Gasteiger partial charge in [-0.15, -0.1) is 0 Å². The van der Waals surface area contributed by atoms with Gasteiger partial charge < -0.3 is 19.3 Å². The second kappa shape index (κ2) is 15.6. The SMILES string of the molecule is COC(C)(C)CCC[C@@](C)(O)[C@H]1CC[C@]2(C)[C@@H]1[C@H](OC(=O)/C=C/c1ccccc1)C[C@@H]1[C@@]3(C)CC[C@H](OC(=O)/C=C/c4ccccc4)C(C)(C)[C@@H]3CC[C@]12C. The number of esters is 2. The molecule has 0 unspecified atom stereocenters. The quantitative estimate of drug-likeness (QED) is 0.172. The highest BCUT2D eigenvalue weighted by atomic mass is 16.5. The van der Waals surface area contributed by atoms with Crippen LogP contribution in [0.15, 0.2) is 72.8 Å². The van der Waals surface area contributed by atoms with E-state index in [1.165, 1.54) is 0 Å². The third kappa shape index (κ3) is 8.02. The molecule has 4 aliphatic rings. The highest BCUT2D eigenvalue weighted by Crippen LogP contribution is 2.76. The molecule has 4 aliphatic carbocycles. The van der Waals surface area contributed by atoms with Crippen molar-refractivity contribution in [1.29, 1.82) is 0 Å². The molecule has 0 heterocycles. The van der Waals surface area contributed by atoms with Crippen LogP contribution >= 0.6 is 0 Å². The van der Waals surface area contributed by atoms with Crippen molar-refractivity contribution in [2.45, 2.75) is 143 Å². The van der Waals surface area contributed by atoms with Gasteiger partial charge in [0, 0.05) is 30.6 Å². The molecule has 6 nitrogen and oxygen atoms in total. The van der Waals surface area contributed by atoms with Gasteiger partial charge in [-0.3, -0.25) is 0 Å². The van der Waals surface area contributed by atoms with Crippen LogP contribution in [0.4, 0.5) is 0 Å². The highest BCUT2D eigenvalue weighted by molar-refractivity contribution is 5.87. The second-order valence-corrected chi connectivity index (χ2v) is 19.8. The van der Waals surface area contributed by atoms with Gasteiger partial charge in [-0.1, -0.05) is 95.3 Å². The average molecular weight is 753 g/mol. The Kier molecular flexibility index (Phi) is 11.8. The van der Waals surface area contributed by atoms with E-state index in [2.05, 4.69) is 48.5 Å². The lowest BCUT2D eigenvalue weighted by atomic mass is 9.35. The molecular weight excluding hydrogens is 685 g/mol. The van der Waals surface area contributed by atoms with E-state index in [9.17, 15) is 14.7 Å². The van der Waals surface area contributed by atoms with Gasteiger partial charge in [-0.05, 0) is 142 Å². The molecule has 10 atom stereocenters. The third-order valence-corrected chi connectivity index (χ3v) is 16.1. The molecular formula is C49H68O6. The number of carbonyl (C=O) groups is 2. The predicted molar refractivity (Wildman–Crippen MR) is 221 cm³/mol. The molecule has 0 aliphatic heterocycles. The summed E-state index contributed by atoms with van der Waals surface area (Å²) in [6.07, 6.45) is 15.3. The number of benzene rings is 2. The van der Waals surface area contributed by atoms with E-state index in [1.807, 2.05) is 79.7 Å². The van der Waals surface area contributed by atoms with Crippen LogP contribution in [-0.4, -0.2) is 47.6 Å². The van der Waals surface area contributed by atoms with Crippen molar-refractivity contribution in [3.63, 3.8) is 0 Å². The van der Waals surface area contributed by atoms with Crippen molar-refractivity contribution in [2.24, 2.45) is 45.3 Å². The summed E-state index contributed by atoms with van der Waals surface area (Å²) in [7, 11) is 1.75. The Morgan fingerprint density at radius 3 is 1.89 bits per heavy atom. The lowest BCUT2D eigenvalue weighted by Crippen LogP contribution is -2.67. The van der Waals surface area contributed by atoms with Crippen molar-refractivity contribution < 1.29 is 28.9 Å². The first-order valence-electron chi connectivity index (χ1n) is 21.0. The molecule has 6 rings (SSSR count). The van der Waals surface area contributed by atoms with E-state index in [0.29, 0.717) is 18.3 Å². The summed E-state index contributed by atoms with van der Waals surface area (Å²) in [5.41, 5.74) is 0.379. The normalized spacial score (nSPS) is 35.4. The Morgan fingerprint density at radius 2 is 1.31 bits per heavy atom. The zero-order chi connectivity index (χ0) is 39.9. The largest absolute Gasteiger partial charge is 0.459 e. The average Bonchev–Trinajstić information content (AvgIpc) is 3.53. The molecule has 300 valence electrons. The summed E-state index contributed by atoms with van der Waals surface area (Å²) in [5.74, 6) is 0.0826. The number of rotatable bonds is 12. The summed E-state index contributed by atoms with van der Waals surface area (Å²) < 4.78 is 18.7. The van der Waals surface area contributed by atoms with Crippen LogP contribution < -0.4 is 0 Å². The van der Waals surface area contributed by atoms with Crippen molar-refractivity contribution in [2.75, 3.05) is 7.11 Å². The number of ether oxygens (including phenoxy) is 3. The monoisotopic (exact) mass is 753 g/mol. The fraction of sp³-hybridized carbons (Fsp3) is 0.633. The number of fused-ring (bicyclic) bond motifs is 5. The van der Waals surface area contributed by atoms with Gasteiger partial charge in [-0.2, -0.15) is 0 Å². The minimum Gasteiger partial charge on any atom is -0.459 e. The van der Waals surface area contributed by atoms with Gasteiger partial charge >= 0.3 is 11.9 Å². The van der Waals surface area contributed by atoms with Crippen molar-refractivity contribution in [3.8, 4) is 0 Å². The van der Waals surface area contributed by atoms with Gasteiger partial charge in [0.25, 0.3) is 0 Å². The molecule has 2 aromatic carbocycles. The molecule has 0 spiro atoms. The van der Waals surface area contributed by atoms with Crippen LogP contribution in [0.1, 0.15) is 131 Å². The van der Waals surface area contributed by atoms with E-state index in [0.717, 1.165) is 68.9 Å². The van der Waals surface area contributed by atoms with Gasteiger partial charge in [0.15, 0.2) is 0 Å². The highest BCUT2D eigenvalue weighted by Gasteiger charge is 2.72. The van der Waals surface area contributed by atoms with E-state index >= 15 is 0 Å². The third-order valence-electron chi connectivity index (χ3n) is 16.1. The Bertz CT molecular complexity index is 1710. The minimum atomic E-state index is -0.903. The molecule has 0 aromatic heterocycles. The van der Waals surface area contributed by atoms with E-state index in [-0.39, 0.29) is 63.2 Å². The zero-order valence-electron chi connectivity index (χ0n) is 35.1. The predicted octanol–water partition coefficient (Wildman–Crippen LogP) is 10.9. The van der Waals surface area contributed by atoms with Crippen LogP contribution in [0.5, 0.6) is 0 Å². The molecule has 4 fully saturated rings. The van der Waals surface area contributed by atoms with Crippen LogP contribution in [0.2, 0.25) is 0 Å². The summed E-state index contributed by atoms with van der Waals surface area (Å²) in [6, 6.07) is 19.7. The zero-order valence-corrected chi connectivity index (χ0v) is 35.1. The van der Waals surface area contributed by atoms with Crippen molar-refractivity contribution >= 4 is 24.1 Å². The number of aliphatic hydroxyl groups is 1. The Hall–Kier alpha value is -3.22. The van der Waals surface area contributed by atoms with Crippen LogP contribution in [0.3, 0.4) is 0 Å². The summed E-state index contributed by atoms with van der Waals surface area (Å²) in [5, 5.41) is 12.4. The van der Waals surface area contributed by atoms with Gasteiger partial charge in [0.1, 0.15) is 12.2 Å². The lowest BCUT2D eigenvalue weighted by molar-refractivity contribution is -0.251. The Morgan fingerprint density at radius 1 is 0.745 bits per heavy atom. The van der Waals surface area contributed by atoms with Crippen LogP contribution in [-0.2, 0) is 23.8 Å². The lowest BCUT2D eigenvalue weighted by Gasteiger charge is -2.70. The van der Waals surface area contributed by atoms with E-state index < -0.39 is 5.60 Å². The molecule has 0 amide bonds. The van der Waals surface area contributed by atoms with E-state index in [1.54, 1.807) is 19.3 Å². The molecule has 0 saturated heterocycles. The van der Waals surface area contributed by atoms with Crippen molar-refractivity contribution in [3.05, 3.63) is 83.9 Å². The number of hydrogen-bond donors (Lipinski definition) is 1. The second-order valence-electron chi connectivity index (χ2n) is 19.8. The van der Waals surface area contributed by atoms with E-state index in [4.69, 9.17) is 14.2 Å². The molecule has 0 radical (unpaired) electrons. The minimum absolute atomic E-state index is 0.00735. The fourth-order valence-corrected chi connectivity index (χ4v) is 12.7. The Labute approximate surface area is 331 Å². The summed E-state index contributed by atoms with van der Waals surface area (Å²) in [4.78, 5) is 27.0. The maximum atomic E-state index is 13.8. The Balaban J connectivity index is 1.28. The fourth-order valence-electron chi connectivity index (χ4n) is 12.7. The maximum absolute atomic E-state index is 13.8. The number of carbonyl (C=O) groups excluding carboxylic acids is 2. The number of methoxy groups -OCH3 is 1. The molecule has 0 bridgehead atoms. The van der Waals surface area contributed by atoms with Crippen molar-refractivity contribution in [1.82, 2.24) is 0 Å². The first-order valence-corrected chi connectivity index (χ1v) is 21.0. The summed E-state index contributed by atoms with van der Waals surface area (Å²) >= 11 is 0. The molecule has 1 N–H and O–H groups in total. The number of hydrogen-bond acceptors (Lipinski definition) is 6. The molecule has 6 heteroatoms. The van der Waals surface area contributed by atoms with Gasteiger partial charge in [0.2, 0.25) is 0 Å². The standard InChI is InChI=1S/C49H68O6/c1-44(2,53-9)28-16-29-49(8,52)36-25-31-48(7)43(36)37(54-41(50)23-21-34-17-12-10-13-18-34)33-39-46(5)30-27-40(45(3,4)38(46)26-32-47(39,48)6)55-42(51)24-22-35-19-14-11-15-20-35/h10-15,17-24,36-40,43,52H,16,25-33H2,1-9H3/b23-21+,24-22+/t36-,37+,38-,39+,40-,43-,46-,47+,48+,49+/m0/s1. The first kappa shape index (κ1) is 41.4. The molecule has 55 heavy (non-hydrogen) atoms. The molecule has 2 aromatic rings. The summed E-state index contributed by atoms with van der Waals surface area (Å²) in [6.45, 7) is 18.4. The van der Waals surface area contributed by atoms with Gasteiger partial charge in [-0.25, -0.2) is 9.59 Å². The van der Waals surface area contributed by atoms with Crippen LogP contribution in [0, 0.1) is 45.3 Å². The van der Waals surface area contributed by atoms with Gasteiger partial charge in [0.05, 0.1) is 11.2 Å². The first-order chi connectivity index (χ1) is 25.9. The maximum Gasteiger partial charge on any atom is 0.331 e. The topological polar surface area (TPSA) is 82.1 Å². The smallest absolute Gasteiger partial charge is 0.331 e. The molecule has 4 saturated carbocycles. The van der Waals surface area contributed by atoms with Crippen LogP contribution in [0.25, 0.3) is 12.2 Å².